The van der Waals surface area contributed by atoms with E-state index >= 15 is 0 Å². The molecule has 0 radical (unpaired) electrons. The molecular weight excluding hydrogens is 296 g/mol. The zero-order chi connectivity index (χ0) is 16.0. The van der Waals surface area contributed by atoms with E-state index in [-0.39, 0.29) is 17.0 Å². The normalized spacial score (nSPS) is 10.7. The van der Waals surface area contributed by atoms with E-state index in [0.717, 1.165) is 6.07 Å². The van der Waals surface area contributed by atoms with Gasteiger partial charge < -0.3 is 10.4 Å². The number of hydrogen-bond donors (Lipinski definition) is 2. The maximum Gasteiger partial charge on any atom is 0.335 e. The highest BCUT2D eigenvalue weighted by atomic mass is 32.2. The molecule has 0 heterocycles. The molecular formula is C13H14N2O5S. The van der Waals surface area contributed by atoms with E-state index in [2.05, 4.69) is 5.32 Å². The van der Waals surface area contributed by atoms with E-state index in [1.54, 1.807) is 13.0 Å². The van der Waals surface area contributed by atoms with Crippen molar-refractivity contribution in [2.75, 3.05) is 12.3 Å². The summed E-state index contributed by atoms with van der Waals surface area (Å²) in [4.78, 5) is 22.2. The maximum absolute atomic E-state index is 12.2. The third-order valence-electron chi connectivity index (χ3n) is 2.72. The lowest BCUT2D eigenvalue weighted by Gasteiger charge is -2.10. The number of rotatable bonds is 6. The number of nitrogens with zero attached hydrogens (tertiary/aromatic N) is 1. The summed E-state index contributed by atoms with van der Waals surface area (Å²) in [6, 6.07) is 5.45. The first-order chi connectivity index (χ1) is 9.81. The summed E-state index contributed by atoms with van der Waals surface area (Å²) in [6.07, 6.45) is 0.383. The summed E-state index contributed by atoms with van der Waals surface area (Å²) in [5.41, 5.74) is 0.274. The number of aromatic carboxylic acids is 1. The second-order valence-corrected chi connectivity index (χ2v) is 6.13. The van der Waals surface area contributed by atoms with Gasteiger partial charge in [-0.3, -0.25) is 4.79 Å². The van der Waals surface area contributed by atoms with Crippen molar-refractivity contribution in [1.82, 2.24) is 5.32 Å². The van der Waals surface area contributed by atoms with Crippen molar-refractivity contribution in [1.29, 1.82) is 5.26 Å². The van der Waals surface area contributed by atoms with E-state index in [4.69, 9.17) is 10.4 Å². The first-order valence-corrected chi connectivity index (χ1v) is 7.69. The number of hydrogen-bond acceptors (Lipinski definition) is 5. The highest BCUT2D eigenvalue weighted by molar-refractivity contribution is 7.92. The van der Waals surface area contributed by atoms with Crippen LogP contribution in [-0.4, -0.2) is 37.7 Å². The molecule has 7 nitrogen and oxygen atoms in total. The van der Waals surface area contributed by atoms with Crippen LogP contribution in [0, 0.1) is 11.3 Å². The van der Waals surface area contributed by atoms with Crippen LogP contribution in [0.1, 0.15) is 22.8 Å². The zero-order valence-electron chi connectivity index (χ0n) is 11.3. The Balaban J connectivity index is 3.17. The third kappa shape index (κ3) is 4.29. The second-order valence-electron chi connectivity index (χ2n) is 4.18. The molecule has 21 heavy (non-hydrogen) atoms. The van der Waals surface area contributed by atoms with Crippen molar-refractivity contribution in [3.63, 3.8) is 0 Å². The van der Waals surface area contributed by atoms with Gasteiger partial charge >= 0.3 is 5.97 Å². The topological polar surface area (TPSA) is 124 Å². The van der Waals surface area contributed by atoms with Gasteiger partial charge in [-0.15, -0.1) is 0 Å². The SMILES string of the molecule is CCc1ccc(C(=O)O)cc1S(=O)(=O)CC(=O)NCC#N. The van der Waals surface area contributed by atoms with E-state index in [9.17, 15) is 18.0 Å². The van der Waals surface area contributed by atoms with Crippen LogP contribution >= 0.6 is 0 Å². The molecule has 0 bridgehead atoms. The van der Waals surface area contributed by atoms with Gasteiger partial charge in [-0.05, 0) is 24.1 Å². The fourth-order valence-electron chi connectivity index (χ4n) is 1.71. The van der Waals surface area contributed by atoms with Crippen LogP contribution in [0.25, 0.3) is 0 Å². The van der Waals surface area contributed by atoms with Crippen molar-refractivity contribution >= 4 is 21.7 Å². The predicted molar refractivity (Wildman–Crippen MR) is 73.5 cm³/mol. The number of sulfone groups is 1. The number of carboxylic acid groups (broad SMARTS) is 1. The number of amides is 1. The summed E-state index contributed by atoms with van der Waals surface area (Å²) in [5, 5.41) is 19.4. The van der Waals surface area contributed by atoms with Crippen molar-refractivity contribution in [2.24, 2.45) is 0 Å². The van der Waals surface area contributed by atoms with Gasteiger partial charge in [0, 0.05) is 0 Å². The van der Waals surface area contributed by atoms with Gasteiger partial charge in [-0.25, -0.2) is 13.2 Å². The van der Waals surface area contributed by atoms with Crippen LogP contribution in [0.4, 0.5) is 0 Å². The highest BCUT2D eigenvalue weighted by Gasteiger charge is 2.23. The standard InChI is InChI=1S/C13H14N2O5S/c1-2-9-3-4-10(13(17)18)7-11(9)21(19,20)8-12(16)15-6-5-14/h3-4,7H,2,6,8H2,1H3,(H,15,16)(H,17,18). The Bertz CT molecular complexity index is 704. The Hall–Kier alpha value is -2.40. The zero-order valence-corrected chi connectivity index (χ0v) is 12.1. The number of nitrogens with one attached hydrogen (secondary N) is 1. The molecule has 0 aliphatic rings. The van der Waals surface area contributed by atoms with Gasteiger partial charge in [-0.1, -0.05) is 13.0 Å². The van der Waals surface area contributed by atoms with Crippen molar-refractivity contribution in [3.05, 3.63) is 29.3 Å². The monoisotopic (exact) mass is 310 g/mol. The molecule has 0 unspecified atom stereocenters. The lowest BCUT2D eigenvalue weighted by atomic mass is 10.1. The Kier molecular flexibility index (Phi) is 5.44. The average molecular weight is 310 g/mol. The summed E-state index contributed by atoms with van der Waals surface area (Å²) in [7, 11) is -3.97. The van der Waals surface area contributed by atoms with Crippen LogP contribution in [0.2, 0.25) is 0 Å². The molecule has 0 saturated heterocycles. The minimum absolute atomic E-state index is 0.164. The molecule has 112 valence electrons. The van der Waals surface area contributed by atoms with Gasteiger partial charge in [0.2, 0.25) is 5.91 Å². The number of aryl methyl sites for hydroxylation is 1. The van der Waals surface area contributed by atoms with Crippen molar-refractivity contribution in [2.45, 2.75) is 18.2 Å². The van der Waals surface area contributed by atoms with Gasteiger partial charge in [0.15, 0.2) is 9.84 Å². The number of carbonyl (C=O) groups is 2. The molecule has 0 aliphatic heterocycles. The maximum atomic E-state index is 12.2. The molecule has 1 amide bonds. The summed E-state index contributed by atoms with van der Waals surface area (Å²) in [5.74, 6) is -2.88. The van der Waals surface area contributed by atoms with Crippen LogP contribution in [-0.2, 0) is 21.1 Å². The van der Waals surface area contributed by atoms with Gasteiger partial charge in [-0.2, -0.15) is 5.26 Å². The van der Waals surface area contributed by atoms with Gasteiger partial charge in [0.05, 0.1) is 16.5 Å². The predicted octanol–water partition coefficient (Wildman–Crippen LogP) is 0.361. The third-order valence-corrected chi connectivity index (χ3v) is 4.41. The summed E-state index contributed by atoms with van der Waals surface area (Å²) < 4.78 is 24.4. The van der Waals surface area contributed by atoms with E-state index in [1.165, 1.54) is 12.1 Å². The number of benzene rings is 1. The lowest BCUT2D eigenvalue weighted by molar-refractivity contribution is -0.118. The van der Waals surface area contributed by atoms with Crippen LogP contribution in [0.5, 0.6) is 0 Å². The number of carboxylic acids is 1. The first-order valence-electron chi connectivity index (χ1n) is 6.04. The Labute approximate surface area is 122 Å². The largest absolute Gasteiger partial charge is 0.478 e. The van der Waals surface area contributed by atoms with E-state index in [0.29, 0.717) is 12.0 Å². The van der Waals surface area contributed by atoms with Gasteiger partial charge in [0.1, 0.15) is 12.3 Å². The summed E-state index contributed by atoms with van der Waals surface area (Å²) >= 11 is 0. The van der Waals surface area contributed by atoms with Gasteiger partial charge in [0.25, 0.3) is 0 Å². The smallest absolute Gasteiger partial charge is 0.335 e. The van der Waals surface area contributed by atoms with Crippen LogP contribution < -0.4 is 5.32 Å². The fraction of sp³-hybridized carbons (Fsp3) is 0.308. The molecule has 0 aliphatic carbocycles. The molecule has 0 fully saturated rings. The first kappa shape index (κ1) is 16.7. The molecule has 1 aromatic carbocycles. The van der Waals surface area contributed by atoms with E-state index in [1.807, 2.05) is 0 Å². The minimum Gasteiger partial charge on any atom is -0.478 e. The molecule has 2 N–H and O–H groups in total. The summed E-state index contributed by atoms with van der Waals surface area (Å²) in [6.45, 7) is 1.44. The molecule has 0 spiro atoms. The van der Waals surface area contributed by atoms with Crippen molar-refractivity contribution < 1.29 is 23.1 Å². The Morgan fingerprint density at radius 3 is 2.57 bits per heavy atom. The van der Waals surface area contributed by atoms with Crippen LogP contribution in [0.3, 0.4) is 0 Å². The Morgan fingerprint density at radius 2 is 2.05 bits per heavy atom. The number of nitriles is 1. The molecule has 0 saturated carbocycles. The molecule has 0 aromatic heterocycles. The minimum atomic E-state index is -3.97. The number of carbonyl (C=O) groups excluding carboxylic acids is 1. The quantitative estimate of drug-likeness (QED) is 0.731. The lowest BCUT2D eigenvalue weighted by Crippen LogP contribution is -2.30. The second kappa shape index (κ2) is 6.85. The Morgan fingerprint density at radius 1 is 1.38 bits per heavy atom. The fourth-order valence-corrected chi connectivity index (χ4v) is 3.23. The van der Waals surface area contributed by atoms with Crippen molar-refractivity contribution in [3.8, 4) is 6.07 Å². The average Bonchev–Trinajstić information content (AvgIpc) is 2.43. The van der Waals surface area contributed by atoms with Crippen LogP contribution in [0.15, 0.2) is 23.1 Å². The molecule has 8 heteroatoms. The molecule has 0 atom stereocenters. The van der Waals surface area contributed by atoms with E-state index < -0.39 is 27.5 Å². The molecule has 1 rings (SSSR count). The highest BCUT2D eigenvalue weighted by Crippen LogP contribution is 2.20. The molecule has 1 aromatic rings.